The van der Waals surface area contributed by atoms with Crippen molar-refractivity contribution in [2.24, 2.45) is 0 Å². The number of nitrogens with zero attached hydrogens (tertiary/aromatic N) is 3. The molecular weight excluding hydrogens is 286 g/mol. The van der Waals surface area contributed by atoms with E-state index in [1.807, 2.05) is 0 Å². The quantitative estimate of drug-likeness (QED) is 0.527. The fourth-order valence-corrected chi connectivity index (χ4v) is 2.93. The van der Waals surface area contributed by atoms with Crippen molar-refractivity contribution in [1.82, 2.24) is 9.55 Å². The van der Waals surface area contributed by atoms with Crippen LogP contribution >= 0.6 is 0 Å². The topological polar surface area (TPSA) is 98.6 Å². The summed E-state index contributed by atoms with van der Waals surface area (Å²) in [5.74, 6) is -1.10. The third-order valence-electron chi connectivity index (χ3n) is 2.83. The van der Waals surface area contributed by atoms with Crippen molar-refractivity contribution in [3.8, 4) is 5.88 Å². The van der Waals surface area contributed by atoms with Crippen molar-refractivity contribution < 1.29 is 18.5 Å². The molecule has 0 saturated heterocycles. The zero-order valence-electron chi connectivity index (χ0n) is 11.2. The second kappa shape index (κ2) is 5.16. The number of amides is 1. The van der Waals surface area contributed by atoms with Gasteiger partial charge in [-0.3, -0.25) is 23.2 Å². The van der Waals surface area contributed by atoms with Gasteiger partial charge in [-0.2, -0.15) is 4.98 Å². The summed E-state index contributed by atoms with van der Waals surface area (Å²) in [5.41, 5.74) is -0.676. The van der Waals surface area contributed by atoms with Gasteiger partial charge in [0.05, 0.1) is 10.8 Å². The molecule has 2 heterocycles. The second-order valence-corrected chi connectivity index (χ2v) is 5.69. The lowest BCUT2D eigenvalue weighted by molar-refractivity contribution is -0.132. The maximum absolute atomic E-state index is 12.4. The molecule has 0 fully saturated rings. The Morgan fingerprint density at radius 1 is 1.40 bits per heavy atom. The number of carbonyl (C=O) groups excluding carboxylic acids is 2. The standard InChI is InChI=1S/C11H13N3O5S/c1-6(15)13(3)8-9(19-7(2)16)12-11-14(10(8)17)4-5-20(11)18/h4-5H2,1-3H3. The molecule has 0 aliphatic carbocycles. The Hall–Kier alpha value is -2.03. The van der Waals surface area contributed by atoms with E-state index in [1.165, 1.54) is 18.5 Å². The number of rotatable bonds is 2. The molecule has 9 heteroatoms. The van der Waals surface area contributed by atoms with Gasteiger partial charge in [0.15, 0.2) is 5.69 Å². The highest BCUT2D eigenvalue weighted by atomic mass is 32.2. The molecule has 8 nitrogen and oxygen atoms in total. The van der Waals surface area contributed by atoms with Gasteiger partial charge < -0.3 is 9.64 Å². The molecule has 1 aliphatic heterocycles. The van der Waals surface area contributed by atoms with Crippen LogP contribution in [0.15, 0.2) is 9.95 Å². The summed E-state index contributed by atoms with van der Waals surface area (Å²) in [4.78, 5) is 39.9. The van der Waals surface area contributed by atoms with E-state index in [1.54, 1.807) is 0 Å². The number of fused-ring (bicyclic) bond motifs is 1. The van der Waals surface area contributed by atoms with Gasteiger partial charge in [-0.25, -0.2) is 0 Å². The molecule has 0 spiro atoms. The third kappa shape index (κ3) is 2.36. The van der Waals surface area contributed by atoms with Crippen LogP contribution < -0.4 is 15.2 Å². The Morgan fingerprint density at radius 3 is 2.60 bits per heavy atom. The summed E-state index contributed by atoms with van der Waals surface area (Å²) in [5, 5.41) is 0.0620. The molecule has 1 amide bonds. The minimum absolute atomic E-state index is 0.0620. The first kappa shape index (κ1) is 14.4. The number of esters is 1. The van der Waals surface area contributed by atoms with Gasteiger partial charge in [-0.1, -0.05) is 0 Å². The van der Waals surface area contributed by atoms with E-state index < -0.39 is 28.2 Å². The normalized spacial score (nSPS) is 16.6. The molecule has 108 valence electrons. The zero-order valence-corrected chi connectivity index (χ0v) is 12.0. The number of aromatic nitrogens is 2. The summed E-state index contributed by atoms with van der Waals surface area (Å²) < 4.78 is 17.9. The van der Waals surface area contributed by atoms with E-state index in [9.17, 15) is 18.6 Å². The molecular formula is C11H13N3O5S. The lowest BCUT2D eigenvalue weighted by Crippen LogP contribution is -2.34. The van der Waals surface area contributed by atoms with E-state index in [-0.39, 0.29) is 29.0 Å². The highest BCUT2D eigenvalue weighted by Gasteiger charge is 2.29. The van der Waals surface area contributed by atoms with Gasteiger partial charge >= 0.3 is 5.97 Å². The van der Waals surface area contributed by atoms with Gasteiger partial charge in [0.2, 0.25) is 11.1 Å². The van der Waals surface area contributed by atoms with Crippen LogP contribution in [0.25, 0.3) is 0 Å². The van der Waals surface area contributed by atoms with Crippen LogP contribution in [0.2, 0.25) is 0 Å². The average molecular weight is 299 g/mol. The fourth-order valence-electron chi connectivity index (χ4n) is 1.79. The molecule has 0 aromatic carbocycles. The highest BCUT2D eigenvalue weighted by Crippen LogP contribution is 2.25. The monoisotopic (exact) mass is 299 g/mol. The molecule has 1 atom stereocenters. The molecule has 0 bridgehead atoms. The Balaban J connectivity index is 2.70. The van der Waals surface area contributed by atoms with Crippen molar-refractivity contribution in [3.63, 3.8) is 0 Å². The summed E-state index contributed by atoms with van der Waals surface area (Å²) in [7, 11) is -0.0267. The zero-order chi connectivity index (χ0) is 15.0. The minimum Gasteiger partial charge on any atom is -0.405 e. The molecule has 2 rings (SSSR count). The van der Waals surface area contributed by atoms with Crippen LogP contribution in [0.4, 0.5) is 5.69 Å². The van der Waals surface area contributed by atoms with Crippen LogP contribution in [0.5, 0.6) is 5.88 Å². The Bertz CT molecular complexity index is 681. The molecule has 0 radical (unpaired) electrons. The minimum atomic E-state index is -1.41. The van der Waals surface area contributed by atoms with Crippen molar-refractivity contribution in [2.45, 2.75) is 25.5 Å². The average Bonchev–Trinajstić information content (AvgIpc) is 2.70. The van der Waals surface area contributed by atoms with Gasteiger partial charge in [0, 0.05) is 33.2 Å². The number of hydrogen-bond acceptors (Lipinski definition) is 6. The largest absolute Gasteiger partial charge is 0.405 e. The van der Waals surface area contributed by atoms with E-state index in [0.29, 0.717) is 0 Å². The van der Waals surface area contributed by atoms with Crippen LogP contribution in [-0.4, -0.2) is 38.4 Å². The molecule has 1 unspecified atom stereocenters. The lowest BCUT2D eigenvalue weighted by Gasteiger charge is -2.17. The van der Waals surface area contributed by atoms with Crippen molar-refractivity contribution >= 4 is 28.4 Å². The third-order valence-corrected chi connectivity index (χ3v) is 4.10. The van der Waals surface area contributed by atoms with Crippen molar-refractivity contribution in [2.75, 3.05) is 17.7 Å². The summed E-state index contributed by atoms with van der Waals surface area (Å²) in [6.07, 6.45) is 0. The molecule has 20 heavy (non-hydrogen) atoms. The summed E-state index contributed by atoms with van der Waals surface area (Å²) in [6.45, 7) is 2.68. The van der Waals surface area contributed by atoms with Gasteiger partial charge in [0.25, 0.3) is 11.4 Å². The lowest BCUT2D eigenvalue weighted by atomic mass is 10.4. The van der Waals surface area contributed by atoms with Gasteiger partial charge in [0.1, 0.15) is 0 Å². The summed E-state index contributed by atoms with van der Waals surface area (Å²) in [6, 6.07) is 0. The smallest absolute Gasteiger partial charge is 0.309 e. The van der Waals surface area contributed by atoms with Crippen LogP contribution in [0.1, 0.15) is 13.8 Å². The molecule has 0 saturated carbocycles. The second-order valence-electron chi connectivity index (χ2n) is 4.23. The van der Waals surface area contributed by atoms with Crippen molar-refractivity contribution in [1.29, 1.82) is 0 Å². The Labute approximate surface area is 116 Å². The first-order valence-electron chi connectivity index (χ1n) is 5.79. The predicted octanol–water partition coefficient (Wildman–Crippen LogP) is -0.727. The Morgan fingerprint density at radius 2 is 2.05 bits per heavy atom. The van der Waals surface area contributed by atoms with Crippen LogP contribution in [0, 0.1) is 0 Å². The predicted molar refractivity (Wildman–Crippen MR) is 70.2 cm³/mol. The van der Waals surface area contributed by atoms with E-state index in [2.05, 4.69) is 4.98 Å². The van der Waals surface area contributed by atoms with Gasteiger partial charge in [-0.05, 0) is 0 Å². The van der Waals surface area contributed by atoms with E-state index in [4.69, 9.17) is 4.74 Å². The van der Waals surface area contributed by atoms with Crippen LogP contribution in [-0.2, 0) is 26.9 Å². The molecule has 1 aromatic rings. The molecule has 0 N–H and O–H groups in total. The fraction of sp³-hybridized carbons (Fsp3) is 0.455. The number of anilines is 1. The van der Waals surface area contributed by atoms with Crippen LogP contribution in [0.3, 0.4) is 0 Å². The number of ether oxygens (including phenoxy) is 1. The number of hydrogen-bond donors (Lipinski definition) is 0. The molecule has 1 aromatic heterocycles. The summed E-state index contributed by atoms with van der Waals surface area (Å²) >= 11 is 0. The maximum Gasteiger partial charge on any atom is 0.309 e. The van der Waals surface area contributed by atoms with E-state index >= 15 is 0 Å². The van der Waals surface area contributed by atoms with Crippen molar-refractivity contribution in [3.05, 3.63) is 10.4 Å². The number of carbonyl (C=O) groups is 2. The van der Waals surface area contributed by atoms with Gasteiger partial charge in [-0.15, -0.1) is 0 Å². The first-order valence-corrected chi connectivity index (χ1v) is 7.10. The first-order chi connectivity index (χ1) is 9.32. The highest BCUT2D eigenvalue weighted by molar-refractivity contribution is 7.85. The molecule has 1 aliphatic rings. The maximum atomic E-state index is 12.4. The Kier molecular flexibility index (Phi) is 3.71. The SMILES string of the molecule is CC(=O)Oc1nc2n(c(=O)c1N(C)C(C)=O)CCS2=O. The van der Waals surface area contributed by atoms with E-state index in [0.717, 1.165) is 11.8 Å².